The third-order valence-corrected chi connectivity index (χ3v) is 3.42. The second kappa shape index (κ2) is 14.3. The fourth-order valence-corrected chi connectivity index (χ4v) is 2.14. The normalized spacial score (nSPS) is 10.6. The average Bonchev–Trinajstić information content (AvgIpc) is 2.40. The van der Waals surface area contributed by atoms with E-state index in [9.17, 15) is 9.59 Å². The summed E-state index contributed by atoms with van der Waals surface area (Å²) in [5, 5.41) is 11.3. The molecular formula is C15H23Br2NO3. The number of halogens is 2. The number of unbranched alkanes of at least 4 members (excludes halogenated alkanes) is 5. The van der Waals surface area contributed by atoms with Crippen LogP contribution in [0.4, 0.5) is 0 Å². The summed E-state index contributed by atoms with van der Waals surface area (Å²) in [6, 6.07) is 0. The van der Waals surface area contributed by atoms with E-state index in [1.807, 2.05) is 12.2 Å². The van der Waals surface area contributed by atoms with E-state index in [0.717, 1.165) is 48.3 Å². The van der Waals surface area contributed by atoms with Gasteiger partial charge in [0.2, 0.25) is 5.91 Å². The van der Waals surface area contributed by atoms with Crippen molar-refractivity contribution in [1.29, 1.82) is 0 Å². The van der Waals surface area contributed by atoms with Crippen molar-refractivity contribution in [2.45, 2.75) is 51.4 Å². The van der Waals surface area contributed by atoms with Gasteiger partial charge in [-0.2, -0.15) is 0 Å². The Hall–Kier alpha value is -0.620. The first-order valence-corrected chi connectivity index (χ1v) is 8.78. The lowest BCUT2D eigenvalue weighted by Crippen LogP contribution is -2.21. The smallest absolute Gasteiger partial charge is 0.303 e. The number of carbonyl (C=O) groups is 2. The molecule has 0 bridgehead atoms. The monoisotopic (exact) mass is 423 g/mol. The van der Waals surface area contributed by atoms with Gasteiger partial charge in [-0.3, -0.25) is 9.59 Å². The predicted molar refractivity (Wildman–Crippen MR) is 92.7 cm³/mol. The standard InChI is InChI=1S/C15H23Br2NO3/c16-13(17)9-5-4-6-10-14(19)18-12-8-3-1-2-7-11-15(20)21/h6,9-10H,1-5,7-8,11-12H2,(H,18,19)(H,20,21)/b10-6+. The number of amides is 1. The molecule has 0 heterocycles. The van der Waals surface area contributed by atoms with E-state index in [2.05, 4.69) is 37.2 Å². The first-order valence-electron chi connectivity index (χ1n) is 7.19. The summed E-state index contributed by atoms with van der Waals surface area (Å²) in [4.78, 5) is 21.8. The summed E-state index contributed by atoms with van der Waals surface area (Å²) in [6.07, 6.45) is 12.1. The topological polar surface area (TPSA) is 66.4 Å². The Balaban J connectivity index is 3.39. The molecule has 21 heavy (non-hydrogen) atoms. The van der Waals surface area contributed by atoms with Crippen molar-refractivity contribution in [2.24, 2.45) is 0 Å². The Morgan fingerprint density at radius 2 is 1.67 bits per heavy atom. The molecule has 2 N–H and O–H groups in total. The van der Waals surface area contributed by atoms with Crippen LogP contribution in [-0.4, -0.2) is 23.5 Å². The number of carboxylic acid groups (broad SMARTS) is 1. The summed E-state index contributed by atoms with van der Waals surface area (Å²) in [5.74, 6) is -0.782. The van der Waals surface area contributed by atoms with Crippen LogP contribution in [0.5, 0.6) is 0 Å². The van der Waals surface area contributed by atoms with E-state index in [4.69, 9.17) is 5.11 Å². The first-order chi connectivity index (χ1) is 10.0. The van der Waals surface area contributed by atoms with Crippen LogP contribution in [0.25, 0.3) is 0 Å². The number of aliphatic carboxylic acids is 1. The maximum Gasteiger partial charge on any atom is 0.303 e. The molecular weight excluding hydrogens is 402 g/mol. The third-order valence-electron chi connectivity index (χ3n) is 2.77. The molecule has 0 spiro atoms. The fraction of sp³-hybridized carbons (Fsp3) is 0.600. The fourth-order valence-electron chi connectivity index (χ4n) is 1.68. The van der Waals surface area contributed by atoms with Crippen LogP contribution in [0.15, 0.2) is 21.6 Å². The molecule has 1 amide bonds. The Kier molecular flexibility index (Phi) is 13.9. The van der Waals surface area contributed by atoms with E-state index in [1.165, 1.54) is 0 Å². The lowest BCUT2D eigenvalue weighted by Gasteiger charge is -2.02. The largest absolute Gasteiger partial charge is 0.481 e. The summed E-state index contributed by atoms with van der Waals surface area (Å²) < 4.78 is 0.927. The molecule has 0 radical (unpaired) electrons. The molecule has 0 fully saturated rings. The van der Waals surface area contributed by atoms with Crippen molar-refractivity contribution in [3.05, 3.63) is 21.6 Å². The molecule has 0 aliphatic heterocycles. The molecule has 0 rings (SSSR count). The van der Waals surface area contributed by atoms with E-state index in [0.29, 0.717) is 6.54 Å². The van der Waals surface area contributed by atoms with Gasteiger partial charge in [0.25, 0.3) is 0 Å². The molecule has 0 aromatic heterocycles. The number of carbonyl (C=O) groups excluding carboxylic acids is 1. The molecule has 0 unspecified atom stereocenters. The van der Waals surface area contributed by atoms with Crippen molar-refractivity contribution >= 4 is 43.7 Å². The van der Waals surface area contributed by atoms with Gasteiger partial charge in [0.15, 0.2) is 0 Å². The van der Waals surface area contributed by atoms with Gasteiger partial charge in [-0.25, -0.2) is 0 Å². The number of hydrogen-bond donors (Lipinski definition) is 2. The molecule has 0 aliphatic rings. The van der Waals surface area contributed by atoms with Gasteiger partial charge in [0, 0.05) is 13.0 Å². The van der Waals surface area contributed by atoms with Crippen LogP contribution in [0.2, 0.25) is 0 Å². The predicted octanol–water partition coefficient (Wildman–Crippen LogP) is 4.50. The quantitative estimate of drug-likeness (QED) is 0.358. The second-order valence-corrected chi connectivity index (χ2v) is 7.45. The first kappa shape index (κ1) is 20.4. The van der Waals surface area contributed by atoms with Gasteiger partial charge in [-0.1, -0.05) is 31.4 Å². The lowest BCUT2D eigenvalue weighted by atomic mass is 10.1. The van der Waals surface area contributed by atoms with Gasteiger partial charge in [-0.15, -0.1) is 0 Å². The molecule has 4 nitrogen and oxygen atoms in total. The zero-order valence-electron chi connectivity index (χ0n) is 12.1. The van der Waals surface area contributed by atoms with Gasteiger partial charge >= 0.3 is 5.97 Å². The number of nitrogens with one attached hydrogen (secondary N) is 1. The van der Waals surface area contributed by atoms with Crippen molar-refractivity contribution in [3.8, 4) is 0 Å². The Morgan fingerprint density at radius 1 is 1.00 bits per heavy atom. The minimum Gasteiger partial charge on any atom is -0.481 e. The van der Waals surface area contributed by atoms with Crippen LogP contribution in [0.3, 0.4) is 0 Å². The zero-order chi connectivity index (χ0) is 15.9. The number of allylic oxidation sites excluding steroid dienone is 2. The maximum atomic E-state index is 11.5. The molecule has 120 valence electrons. The number of carboxylic acids is 1. The van der Waals surface area contributed by atoms with Crippen LogP contribution in [0, 0.1) is 0 Å². The summed E-state index contributed by atoms with van der Waals surface area (Å²) in [6.45, 7) is 0.676. The van der Waals surface area contributed by atoms with Crippen LogP contribution in [-0.2, 0) is 9.59 Å². The van der Waals surface area contributed by atoms with E-state index < -0.39 is 5.97 Å². The second-order valence-electron chi connectivity index (χ2n) is 4.68. The lowest BCUT2D eigenvalue weighted by molar-refractivity contribution is -0.137. The van der Waals surface area contributed by atoms with Gasteiger partial charge in [0.05, 0.1) is 3.39 Å². The highest BCUT2D eigenvalue weighted by molar-refractivity contribution is 9.28. The SMILES string of the molecule is O=C(O)CCCCCCCNC(=O)/C=C/CCC=C(Br)Br. The molecule has 0 aromatic rings. The molecule has 0 saturated carbocycles. The van der Waals surface area contributed by atoms with Crippen LogP contribution < -0.4 is 5.32 Å². The molecule has 0 aliphatic carbocycles. The molecule has 0 saturated heterocycles. The molecule has 6 heteroatoms. The van der Waals surface area contributed by atoms with E-state index in [-0.39, 0.29) is 12.3 Å². The molecule has 0 atom stereocenters. The van der Waals surface area contributed by atoms with E-state index >= 15 is 0 Å². The summed E-state index contributed by atoms with van der Waals surface area (Å²) >= 11 is 6.54. The Bertz CT molecular complexity index is 364. The highest BCUT2D eigenvalue weighted by atomic mass is 79.9. The van der Waals surface area contributed by atoms with E-state index in [1.54, 1.807) is 6.08 Å². The van der Waals surface area contributed by atoms with Crippen LogP contribution in [0.1, 0.15) is 51.4 Å². The zero-order valence-corrected chi connectivity index (χ0v) is 15.3. The maximum absolute atomic E-state index is 11.5. The minimum atomic E-state index is -0.729. The highest BCUT2D eigenvalue weighted by Gasteiger charge is 1.97. The summed E-state index contributed by atoms with van der Waals surface area (Å²) in [7, 11) is 0. The average molecular weight is 425 g/mol. The summed E-state index contributed by atoms with van der Waals surface area (Å²) in [5.41, 5.74) is 0. The Labute approximate surface area is 143 Å². The number of rotatable bonds is 12. The van der Waals surface area contributed by atoms with Gasteiger partial charge < -0.3 is 10.4 Å². The molecule has 0 aromatic carbocycles. The van der Waals surface area contributed by atoms with Crippen molar-refractivity contribution in [1.82, 2.24) is 5.32 Å². The minimum absolute atomic E-state index is 0.0530. The van der Waals surface area contributed by atoms with Gasteiger partial charge in [-0.05, 0) is 63.6 Å². The van der Waals surface area contributed by atoms with Crippen molar-refractivity contribution < 1.29 is 14.7 Å². The van der Waals surface area contributed by atoms with Gasteiger partial charge in [0.1, 0.15) is 0 Å². The van der Waals surface area contributed by atoms with Crippen LogP contribution >= 0.6 is 31.9 Å². The Morgan fingerprint density at radius 3 is 2.33 bits per heavy atom. The third kappa shape index (κ3) is 17.3. The highest BCUT2D eigenvalue weighted by Crippen LogP contribution is 2.14. The number of hydrogen-bond acceptors (Lipinski definition) is 2. The van der Waals surface area contributed by atoms with Crippen molar-refractivity contribution in [3.63, 3.8) is 0 Å². The van der Waals surface area contributed by atoms with Crippen molar-refractivity contribution in [2.75, 3.05) is 6.54 Å².